The summed E-state index contributed by atoms with van der Waals surface area (Å²) in [6.45, 7) is 1.48. The lowest BCUT2D eigenvalue weighted by molar-refractivity contribution is -0.380. The predicted octanol–water partition coefficient (Wildman–Crippen LogP) is 2.69. The molecule has 8 heteroatoms. The average Bonchev–Trinajstić information content (AvgIpc) is 2.96. The van der Waals surface area contributed by atoms with Gasteiger partial charge in [0.1, 0.15) is 6.61 Å². The lowest BCUT2D eigenvalue weighted by Crippen LogP contribution is -2.05. The van der Waals surface area contributed by atoms with Crippen LogP contribution in [0.2, 0.25) is 0 Å². The number of aromatic nitrogens is 1. The normalized spacial score (nSPS) is 10.3. The van der Waals surface area contributed by atoms with Gasteiger partial charge < -0.3 is 14.8 Å². The molecule has 0 spiro atoms. The number of nitrogens with one attached hydrogen (secondary N) is 1. The van der Waals surface area contributed by atoms with Crippen molar-refractivity contribution in [1.82, 2.24) is 4.98 Å². The molecule has 0 bridgehead atoms. The predicted molar refractivity (Wildman–Crippen MR) is 79.9 cm³/mol. The zero-order valence-corrected chi connectivity index (χ0v) is 12.3. The molecule has 7 nitrogen and oxygen atoms in total. The molecule has 0 unspecified atom stereocenters. The molecule has 0 radical (unpaired) electrons. The lowest BCUT2D eigenvalue weighted by Gasteiger charge is -2.07. The molecule has 2 rings (SSSR count). The van der Waals surface area contributed by atoms with Crippen LogP contribution in [-0.2, 0) is 11.3 Å². The number of nitro groups is 1. The van der Waals surface area contributed by atoms with Crippen LogP contribution in [0.5, 0.6) is 5.88 Å². The van der Waals surface area contributed by atoms with Gasteiger partial charge in [0.25, 0.3) is 0 Å². The lowest BCUT2D eigenvalue weighted by atomic mass is 10.4. The van der Waals surface area contributed by atoms with Crippen LogP contribution in [0, 0.1) is 10.1 Å². The largest absolute Gasteiger partial charge is 0.475 e. The summed E-state index contributed by atoms with van der Waals surface area (Å²) in [6.07, 6.45) is 1.66. The summed E-state index contributed by atoms with van der Waals surface area (Å²) in [5, 5.41) is 13.9. The van der Waals surface area contributed by atoms with Crippen LogP contribution >= 0.6 is 11.3 Å². The van der Waals surface area contributed by atoms with Crippen molar-refractivity contribution in [2.75, 3.05) is 25.6 Å². The van der Waals surface area contributed by atoms with E-state index in [1.165, 1.54) is 6.07 Å². The fourth-order valence-electron chi connectivity index (χ4n) is 1.55. The fraction of sp³-hybridized carbons (Fsp3) is 0.308. The van der Waals surface area contributed by atoms with Gasteiger partial charge in [-0.2, -0.15) is 0 Å². The Bertz CT molecular complexity index is 585. The number of methoxy groups -OCH3 is 1. The summed E-state index contributed by atoms with van der Waals surface area (Å²) >= 11 is 1.16. The van der Waals surface area contributed by atoms with E-state index in [4.69, 9.17) is 9.47 Å². The maximum Gasteiger partial charge on any atom is 0.324 e. The van der Waals surface area contributed by atoms with Gasteiger partial charge in [-0.3, -0.25) is 10.1 Å². The molecule has 2 heterocycles. The van der Waals surface area contributed by atoms with E-state index in [1.807, 2.05) is 6.07 Å². The van der Waals surface area contributed by atoms with Gasteiger partial charge in [0.15, 0.2) is 0 Å². The minimum absolute atomic E-state index is 0.145. The highest BCUT2D eigenvalue weighted by atomic mass is 32.1. The third-order valence-electron chi connectivity index (χ3n) is 2.57. The molecular formula is C13H15N3O4S. The van der Waals surface area contributed by atoms with E-state index in [2.05, 4.69) is 10.3 Å². The third kappa shape index (κ3) is 4.69. The highest BCUT2D eigenvalue weighted by Crippen LogP contribution is 2.24. The molecule has 0 atom stereocenters. The summed E-state index contributed by atoms with van der Waals surface area (Å²) in [5.74, 6) is 0.532. The first-order chi connectivity index (χ1) is 10.2. The van der Waals surface area contributed by atoms with E-state index in [-0.39, 0.29) is 9.92 Å². The first-order valence-electron chi connectivity index (χ1n) is 6.24. The SMILES string of the molecule is COCCOc1ccc(NCc2ccc([N+](=O)[O-])s2)cn1. The van der Waals surface area contributed by atoms with Gasteiger partial charge in [-0.25, -0.2) is 4.98 Å². The molecule has 0 aromatic carbocycles. The van der Waals surface area contributed by atoms with Crippen molar-refractivity contribution in [2.45, 2.75) is 6.54 Å². The molecule has 0 saturated heterocycles. The van der Waals surface area contributed by atoms with Crippen LogP contribution in [0.25, 0.3) is 0 Å². The molecule has 0 saturated carbocycles. The second-order valence-electron chi connectivity index (χ2n) is 4.08. The Kier molecular flexibility index (Phi) is 5.47. The summed E-state index contributed by atoms with van der Waals surface area (Å²) in [4.78, 5) is 15.3. The molecule has 0 amide bonds. The third-order valence-corrected chi connectivity index (χ3v) is 3.60. The van der Waals surface area contributed by atoms with Crippen molar-refractivity contribution >= 4 is 22.0 Å². The summed E-state index contributed by atoms with van der Waals surface area (Å²) in [6, 6.07) is 6.85. The molecule has 2 aromatic rings. The Morgan fingerprint density at radius 2 is 2.19 bits per heavy atom. The zero-order valence-electron chi connectivity index (χ0n) is 11.4. The van der Waals surface area contributed by atoms with Gasteiger partial charge in [-0.15, -0.1) is 0 Å². The Balaban J connectivity index is 1.83. The number of rotatable bonds is 8. The number of hydrogen-bond acceptors (Lipinski definition) is 7. The molecular weight excluding hydrogens is 294 g/mol. The van der Waals surface area contributed by atoms with Crippen molar-refractivity contribution in [1.29, 1.82) is 0 Å². The summed E-state index contributed by atoms with van der Waals surface area (Å²) < 4.78 is 10.2. The van der Waals surface area contributed by atoms with Gasteiger partial charge in [0.05, 0.1) is 23.4 Å². The van der Waals surface area contributed by atoms with E-state index >= 15 is 0 Å². The first-order valence-corrected chi connectivity index (χ1v) is 7.05. The standard InChI is InChI=1S/C13H15N3O4S/c1-19-6-7-20-12-4-2-10(8-15-12)14-9-11-3-5-13(21-11)16(17)18/h2-5,8,14H,6-7,9H2,1H3. The number of thiophene rings is 1. The molecule has 0 aliphatic heterocycles. The smallest absolute Gasteiger partial charge is 0.324 e. The topological polar surface area (TPSA) is 86.5 Å². The van der Waals surface area contributed by atoms with Crippen LogP contribution in [0.4, 0.5) is 10.7 Å². The van der Waals surface area contributed by atoms with Crippen LogP contribution < -0.4 is 10.1 Å². The first kappa shape index (κ1) is 15.2. The van der Waals surface area contributed by atoms with Crippen molar-refractivity contribution in [3.63, 3.8) is 0 Å². The average molecular weight is 309 g/mol. The van der Waals surface area contributed by atoms with Crippen LogP contribution in [0.1, 0.15) is 4.88 Å². The van der Waals surface area contributed by atoms with E-state index in [9.17, 15) is 10.1 Å². The number of nitrogens with zero attached hydrogens (tertiary/aromatic N) is 2. The quantitative estimate of drug-likeness (QED) is 0.458. The van der Waals surface area contributed by atoms with Crippen LogP contribution in [0.15, 0.2) is 30.5 Å². The Hall–Kier alpha value is -2.19. The van der Waals surface area contributed by atoms with Crippen LogP contribution in [-0.4, -0.2) is 30.2 Å². The Labute approximate surface area is 125 Å². The molecule has 0 fully saturated rings. The molecule has 0 aliphatic carbocycles. The molecule has 21 heavy (non-hydrogen) atoms. The summed E-state index contributed by atoms with van der Waals surface area (Å²) in [7, 11) is 1.61. The number of ether oxygens (including phenoxy) is 2. The van der Waals surface area contributed by atoms with Gasteiger partial charge in [-0.05, 0) is 12.1 Å². The maximum absolute atomic E-state index is 10.6. The minimum Gasteiger partial charge on any atom is -0.475 e. The minimum atomic E-state index is -0.387. The van der Waals surface area contributed by atoms with Crippen molar-refractivity contribution in [3.8, 4) is 5.88 Å². The van der Waals surface area contributed by atoms with Gasteiger partial charge in [-0.1, -0.05) is 11.3 Å². The fourth-order valence-corrected chi connectivity index (χ4v) is 2.31. The Morgan fingerprint density at radius 1 is 1.33 bits per heavy atom. The Morgan fingerprint density at radius 3 is 2.81 bits per heavy atom. The van der Waals surface area contributed by atoms with Crippen molar-refractivity contribution in [3.05, 3.63) is 45.5 Å². The van der Waals surface area contributed by atoms with E-state index in [1.54, 1.807) is 25.4 Å². The maximum atomic E-state index is 10.6. The van der Waals surface area contributed by atoms with Gasteiger partial charge in [0.2, 0.25) is 5.88 Å². The van der Waals surface area contributed by atoms with E-state index < -0.39 is 0 Å². The monoisotopic (exact) mass is 309 g/mol. The van der Waals surface area contributed by atoms with E-state index in [0.29, 0.717) is 25.6 Å². The van der Waals surface area contributed by atoms with E-state index in [0.717, 1.165) is 21.9 Å². The number of pyridine rings is 1. The highest BCUT2D eigenvalue weighted by molar-refractivity contribution is 7.15. The summed E-state index contributed by atoms with van der Waals surface area (Å²) in [5.41, 5.74) is 0.824. The highest BCUT2D eigenvalue weighted by Gasteiger charge is 2.09. The molecule has 2 aromatic heterocycles. The number of hydrogen-bond donors (Lipinski definition) is 1. The second-order valence-corrected chi connectivity index (χ2v) is 5.22. The molecule has 1 N–H and O–H groups in total. The van der Waals surface area contributed by atoms with Crippen molar-refractivity contribution < 1.29 is 14.4 Å². The number of anilines is 1. The van der Waals surface area contributed by atoms with Crippen molar-refractivity contribution in [2.24, 2.45) is 0 Å². The van der Waals surface area contributed by atoms with Gasteiger partial charge in [0, 0.05) is 30.7 Å². The van der Waals surface area contributed by atoms with Crippen LogP contribution in [0.3, 0.4) is 0 Å². The zero-order chi connectivity index (χ0) is 15.1. The molecule has 112 valence electrons. The molecule has 0 aliphatic rings. The van der Waals surface area contributed by atoms with Gasteiger partial charge >= 0.3 is 5.00 Å². The second kappa shape index (κ2) is 7.55.